The van der Waals surface area contributed by atoms with Crippen LogP contribution in [0.25, 0.3) is 10.8 Å². The molecular formula is C13H12N2O4S. The van der Waals surface area contributed by atoms with E-state index in [1.54, 1.807) is 17.5 Å². The third-order valence-corrected chi connectivity index (χ3v) is 3.27. The van der Waals surface area contributed by atoms with Gasteiger partial charge in [0.1, 0.15) is 12.2 Å². The number of carbonyl (C=O) groups excluding carboxylic acids is 1. The van der Waals surface area contributed by atoms with Gasteiger partial charge in [-0.05, 0) is 12.1 Å². The fraction of sp³-hybridized carbons (Fsp3) is 0.154. The largest absolute Gasteiger partial charge is 0.480 e. The summed E-state index contributed by atoms with van der Waals surface area (Å²) in [5, 5.41) is 11.0. The average molecular weight is 292 g/mol. The molecule has 104 valence electrons. The lowest BCUT2D eigenvalue weighted by atomic mass is 10.3. The number of nitrogens with zero attached hydrogens (tertiary/aromatic N) is 2. The van der Waals surface area contributed by atoms with Gasteiger partial charge in [-0.3, -0.25) is 9.59 Å². The Bertz CT molecular complexity index is 618. The lowest BCUT2D eigenvalue weighted by Crippen LogP contribution is -2.35. The minimum atomic E-state index is -1.08. The van der Waals surface area contributed by atoms with Crippen LogP contribution in [0, 0.1) is 0 Å². The second-order valence-corrected chi connectivity index (χ2v) is 4.74. The summed E-state index contributed by atoms with van der Waals surface area (Å²) in [5.74, 6) is -0.953. The normalized spacial score (nSPS) is 10.2. The third kappa shape index (κ3) is 3.12. The molecule has 0 aliphatic rings. The Morgan fingerprint density at radius 2 is 2.35 bits per heavy atom. The van der Waals surface area contributed by atoms with Crippen molar-refractivity contribution >= 4 is 23.2 Å². The lowest BCUT2D eigenvalue weighted by Gasteiger charge is -2.17. The first-order valence-electron chi connectivity index (χ1n) is 5.73. The first kappa shape index (κ1) is 14.0. The molecule has 2 aromatic heterocycles. The number of carbonyl (C=O) groups is 2. The average Bonchev–Trinajstić information content (AvgIpc) is 3.07. The quantitative estimate of drug-likeness (QED) is 0.824. The molecule has 1 amide bonds. The van der Waals surface area contributed by atoms with Gasteiger partial charge in [0, 0.05) is 11.9 Å². The van der Waals surface area contributed by atoms with Gasteiger partial charge in [0.25, 0.3) is 5.91 Å². The minimum Gasteiger partial charge on any atom is -0.480 e. The van der Waals surface area contributed by atoms with Gasteiger partial charge in [0.05, 0.1) is 6.26 Å². The minimum absolute atomic E-state index is 0.152. The van der Waals surface area contributed by atoms with Crippen molar-refractivity contribution in [2.75, 3.05) is 13.1 Å². The number of aromatic nitrogens is 1. The zero-order valence-corrected chi connectivity index (χ0v) is 11.3. The summed E-state index contributed by atoms with van der Waals surface area (Å²) >= 11 is 1.26. The number of aliphatic carboxylic acids is 1. The summed E-state index contributed by atoms with van der Waals surface area (Å²) in [6, 6.07) is 3.47. The number of carboxylic acid groups (broad SMARTS) is 1. The van der Waals surface area contributed by atoms with Crippen molar-refractivity contribution in [3.8, 4) is 10.8 Å². The fourth-order valence-electron chi connectivity index (χ4n) is 1.59. The summed E-state index contributed by atoms with van der Waals surface area (Å²) in [6.07, 6.45) is 2.99. The van der Waals surface area contributed by atoms with Gasteiger partial charge < -0.3 is 14.4 Å². The van der Waals surface area contributed by atoms with E-state index in [1.165, 1.54) is 23.7 Å². The molecule has 0 saturated heterocycles. The van der Waals surface area contributed by atoms with Crippen LogP contribution in [0.3, 0.4) is 0 Å². The van der Waals surface area contributed by atoms with E-state index in [1.807, 2.05) is 0 Å². The van der Waals surface area contributed by atoms with Crippen molar-refractivity contribution in [3.05, 3.63) is 42.1 Å². The molecule has 0 spiro atoms. The smallest absolute Gasteiger partial charge is 0.323 e. The Labute approximate surface area is 119 Å². The van der Waals surface area contributed by atoms with E-state index in [0.717, 1.165) is 4.90 Å². The number of hydrogen-bond donors (Lipinski definition) is 1. The molecule has 7 heteroatoms. The van der Waals surface area contributed by atoms with Gasteiger partial charge >= 0.3 is 5.97 Å². The van der Waals surface area contributed by atoms with E-state index < -0.39 is 18.4 Å². The Kier molecular flexibility index (Phi) is 4.31. The van der Waals surface area contributed by atoms with Crippen LogP contribution >= 0.6 is 11.3 Å². The van der Waals surface area contributed by atoms with Gasteiger partial charge in [-0.2, -0.15) is 0 Å². The predicted octanol–water partition coefficient (Wildman–Crippen LogP) is 2.12. The summed E-state index contributed by atoms with van der Waals surface area (Å²) in [4.78, 5) is 28.3. The maximum atomic E-state index is 12.2. The number of rotatable bonds is 6. The van der Waals surface area contributed by atoms with Crippen LogP contribution in [-0.2, 0) is 4.79 Å². The SMILES string of the molecule is C=CCN(CC(=O)O)C(=O)c1csc(-c2ccco2)n1. The summed E-state index contributed by atoms with van der Waals surface area (Å²) < 4.78 is 5.20. The molecule has 0 aromatic carbocycles. The topological polar surface area (TPSA) is 83.6 Å². The lowest BCUT2D eigenvalue weighted by molar-refractivity contribution is -0.137. The molecule has 0 bridgehead atoms. The van der Waals surface area contributed by atoms with E-state index in [-0.39, 0.29) is 12.2 Å². The highest BCUT2D eigenvalue weighted by Crippen LogP contribution is 2.24. The van der Waals surface area contributed by atoms with Crippen molar-refractivity contribution in [2.45, 2.75) is 0 Å². The van der Waals surface area contributed by atoms with Crippen LogP contribution in [0.5, 0.6) is 0 Å². The van der Waals surface area contributed by atoms with E-state index in [0.29, 0.717) is 10.8 Å². The van der Waals surface area contributed by atoms with Crippen molar-refractivity contribution < 1.29 is 19.1 Å². The molecule has 2 heterocycles. The molecule has 20 heavy (non-hydrogen) atoms. The van der Waals surface area contributed by atoms with Crippen molar-refractivity contribution in [3.63, 3.8) is 0 Å². The highest BCUT2D eigenvalue weighted by Gasteiger charge is 2.20. The number of furan rings is 1. The van der Waals surface area contributed by atoms with Gasteiger partial charge in [-0.1, -0.05) is 6.08 Å². The van der Waals surface area contributed by atoms with Crippen LogP contribution in [0.15, 0.2) is 40.8 Å². The maximum absolute atomic E-state index is 12.2. The molecule has 6 nitrogen and oxygen atoms in total. The third-order valence-electron chi connectivity index (χ3n) is 2.42. The van der Waals surface area contributed by atoms with Crippen LogP contribution in [0.2, 0.25) is 0 Å². The molecule has 0 atom stereocenters. The van der Waals surface area contributed by atoms with Crippen LogP contribution in [0.1, 0.15) is 10.5 Å². The maximum Gasteiger partial charge on any atom is 0.323 e. The van der Waals surface area contributed by atoms with E-state index in [9.17, 15) is 9.59 Å². The summed E-state index contributed by atoms with van der Waals surface area (Å²) in [6.45, 7) is 3.27. The zero-order chi connectivity index (χ0) is 14.5. The second-order valence-electron chi connectivity index (χ2n) is 3.88. The standard InChI is InChI=1S/C13H12N2O4S/c1-2-5-15(7-11(16)17)13(18)9-8-20-12(14-9)10-4-3-6-19-10/h2-4,6,8H,1,5,7H2,(H,16,17). The molecule has 0 saturated carbocycles. The number of thiazole rings is 1. The zero-order valence-electron chi connectivity index (χ0n) is 10.5. The molecule has 0 aliphatic carbocycles. The highest BCUT2D eigenvalue weighted by molar-refractivity contribution is 7.13. The Morgan fingerprint density at radius 1 is 1.55 bits per heavy atom. The first-order valence-corrected chi connectivity index (χ1v) is 6.61. The van der Waals surface area contributed by atoms with Crippen molar-refractivity contribution in [1.29, 1.82) is 0 Å². The van der Waals surface area contributed by atoms with Crippen LogP contribution < -0.4 is 0 Å². The molecule has 0 radical (unpaired) electrons. The van der Waals surface area contributed by atoms with Gasteiger partial charge in [-0.25, -0.2) is 4.98 Å². The van der Waals surface area contributed by atoms with Crippen molar-refractivity contribution in [1.82, 2.24) is 9.88 Å². The Balaban J connectivity index is 2.19. The van der Waals surface area contributed by atoms with Gasteiger partial charge in [-0.15, -0.1) is 17.9 Å². The number of hydrogen-bond acceptors (Lipinski definition) is 5. The molecule has 1 N–H and O–H groups in total. The molecule has 0 aliphatic heterocycles. The first-order chi connectivity index (χ1) is 9.61. The van der Waals surface area contributed by atoms with Gasteiger partial charge in [0.2, 0.25) is 0 Å². The molecule has 0 unspecified atom stereocenters. The van der Waals surface area contributed by atoms with Crippen LogP contribution in [0.4, 0.5) is 0 Å². The fourth-order valence-corrected chi connectivity index (χ4v) is 2.35. The Morgan fingerprint density at radius 3 is 2.95 bits per heavy atom. The summed E-state index contributed by atoms with van der Waals surface area (Å²) in [5.41, 5.74) is 0.199. The van der Waals surface area contributed by atoms with Crippen LogP contribution in [-0.4, -0.2) is 40.0 Å². The second kappa shape index (κ2) is 6.16. The molecule has 2 aromatic rings. The van der Waals surface area contributed by atoms with E-state index >= 15 is 0 Å². The Hall–Kier alpha value is -2.41. The predicted molar refractivity (Wildman–Crippen MR) is 73.6 cm³/mol. The van der Waals surface area contributed by atoms with Crippen molar-refractivity contribution in [2.24, 2.45) is 0 Å². The molecular weight excluding hydrogens is 280 g/mol. The number of carboxylic acids is 1. The highest BCUT2D eigenvalue weighted by atomic mass is 32.1. The van der Waals surface area contributed by atoms with Gasteiger partial charge in [0.15, 0.2) is 10.8 Å². The number of amides is 1. The molecule has 0 fully saturated rings. The summed E-state index contributed by atoms with van der Waals surface area (Å²) in [7, 11) is 0. The van der Waals surface area contributed by atoms with E-state index in [4.69, 9.17) is 9.52 Å². The molecule has 2 rings (SSSR count). The van der Waals surface area contributed by atoms with E-state index in [2.05, 4.69) is 11.6 Å². The monoisotopic (exact) mass is 292 g/mol.